The van der Waals surface area contributed by atoms with E-state index < -0.39 is 15.6 Å². The fraction of sp³-hybridized carbons (Fsp3) is 1.00. The Morgan fingerprint density at radius 2 is 2.00 bits per heavy atom. The average Bonchev–Trinajstić information content (AvgIpc) is 2.37. The van der Waals surface area contributed by atoms with Crippen LogP contribution in [0.4, 0.5) is 0 Å². The molecule has 1 saturated heterocycles. The molecular weight excluding hydrogens is 286 g/mol. The van der Waals surface area contributed by atoms with Crippen molar-refractivity contribution in [3.63, 3.8) is 0 Å². The summed E-state index contributed by atoms with van der Waals surface area (Å²) in [5.41, 5.74) is -0.571. The van der Waals surface area contributed by atoms with Gasteiger partial charge in [0.05, 0.1) is 11.9 Å². The summed E-state index contributed by atoms with van der Waals surface area (Å²) >= 11 is 0. The summed E-state index contributed by atoms with van der Waals surface area (Å²) in [6.07, 6.45) is 8.11. The molecule has 0 aromatic carbocycles. The summed E-state index contributed by atoms with van der Waals surface area (Å²) in [6.45, 7) is 5.71. The van der Waals surface area contributed by atoms with Crippen molar-refractivity contribution in [2.24, 2.45) is 17.8 Å². The number of nitrogens with zero attached hydrogens (tertiary/aromatic N) is 1. The molecule has 3 atom stereocenters. The van der Waals surface area contributed by atoms with E-state index in [2.05, 4.69) is 13.8 Å². The molecule has 1 aliphatic heterocycles. The molecule has 124 valence electrons. The van der Waals surface area contributed by atoms with Gasteiger partial charge < -0.3 is 5.11 Å². The van der Waals surface area contributed by atoms with Crippen LogP contribution < -0.4 is 0 Å². The Morgan fingerprint density at radius 3 is 2.62 bits per heavy atom. The van der Waals surface area contributed by atoms with Gasteiger partial charge in [-0.1, -0.05) is 20.3 Å². The standard InChI is InChI=1S/C16H31NO3S/c1-13(2)15-7-4-8-16(18,11-15)10-14-6-5-9-17(12-14)21(3,19)20/h13-15,18H,4-12H2,1-3H3. The quantitative estimate of drug-likeness (QED) is 0.867. The number of aliphatic hydroxyl groups is 1. The maximum atomic E-state index is 11.7. The third kappa shape index (κ3) is 4.67. The van der Waals surface area contributed by atoms with Crippen LogP contribution in [0.3, 0.4) is 0 Å². The zero-order chi connectivity index (χ0) is 15.7. The molecule has 0 aromatic rings. The highest BCUT2D eigenvalue weighted by Crippen LogP contribution is 2.41. The molecule has 2 aliphatic rings. The summed E-state index contributed by atoms with van der Waals surface area (Å²) in [5.74, 6) is 1.54. The third-order valence-electron chi connectivity index (χ3n) is 5.42. The monoisotopic (exact) mass is 317 g/mol. The smallest absolute Gasteiger partial charge is 0.211 e. The van der Waals surface area contributed by atoms with E-state index in [9.17, 15) is 13.5 Å². The Kier molecular flexibility index (Phi) is 5.37. The van der Waals surface area contributed by atoms with Gasteiger partial charge in [-0.2, -0.15) is 0 Å². The van der Waals surface area contributed by atoms with Gasteiger partial charge in [0.1, 0.15) is 0 Å². The number of hydrogen-bond donors (Lipinski definition) is 1. The van der Waals surface area contributed by atoms with E-state index in [1.165, 1.54) is 12.7 Å². The maximum Gasteiger partial charge on any atom is 0.211 e. The second-order valence-corrected chi connectivity index (χ2v) is 9.64. The highest BCUT2D eigenvalue weighted by molar-refractivity contribution is 7.88. The van der Waals surface area contributed by atoms with Crippen molar-refractivity contribution in [1.29, 1.82) is 0 Å². The van der Waals surface area contributed by atoms with E-state index in [0.29, 0.717) is 30.8 Å². The molecule has 1 saturated carbocycles. The molecule has 0 radical (unpaired) electrons. The normalized spacial score (nSPS) is 36.0. The van der Waals surface area contributed by atoms with Crippen LogP contribution >= 0.6 is 0 Å². The minimum atomic E-state index is -3.09. The molecule has 1 aliphatic carbocycles. The van der Waals surface area contributed by atoms with E-state index in [1.807, 2.05) is 0 Å². The maximum absolute atomic E-state index is 11.7. The van der Waals surface area contributed by atoms with E-state index in [0.717, 1.165) is 38.5 Å². The Bertz CT molecular complexity index is 448. The molecule has 21 heavy (non-hydrogen) atoms. The molecule has 0 spiro atoms. The first-order valence-electron chi connectivity index (χ1n) is 8.37. The number of hydrogen-bond acceptors (Lipinski definition) is 3. The Labute approximate surface area is 130 Å². The van der Waals surface area contributed by atoms with Crippen molar-refractivity contribution < 1.29 is 13.5 Å². The summed E-state index contributed by atoms with van der Waals surface area (Å²) in [5, 5.41) is 11.0. The lowest BCUT2D eigenvalue weighted by atomic mass is 9.70. The van der Waals surface area contributed by atoms with Crippen LogP contribution in [-0.4, -0.2) is 42.8 Å². The summed E-state index contributed by atoms with van der Waals surface area (Å²) < 4.78 is 25.0. The number of rotatable bonds is 4. The summed E-state index contributed by atoms with van der Waals surface area (Å²) in [7, 11) is -3.09. The SMILES string of the molecule is CC(C)C1CCCC(O)(CC2CCCN(S(C)(=O)=O)C2)C1. The molecule has 1 N–H and O–H groups in total. The number of sulfonamides is 1. The van der Waals surface area contributed by atoms with Crippen molar-refractivity contribution in [2.45, 2.75) is 64.4 Å². The van der Waals surface area contributed by atoms with E-state index in [-0.39, 0.29) is 0 Å². The molecule has 1 heterocycles. The van der Waals surface area contributed by atoms with Gasteiger partial charge in [0, 0.05) is 13.1 Å². The van der Waals surface area contributed by atoms with Gasteiger partial charge in [0.2, 0.25) is 10.0 Å². The lowest BCUT2D eigenvalue weighted by Gasteiger charge is -2.42. The molecule has 4 nitrogen and oxygen atoms in total. The predicted octanol–water partition coefficient (Wildman–Crippen LogP) is 2.63. The molecular formula is C16H31NO3S. The van der Waals surface area contributed by atoms with E-state index in [4.69, 9.17) is 0 Å². The second kappa shape index (κ2) is 6.55. The third-order valence-corrected chi connectivity index (χ3v) is 6.69. The predicted molar refractivity (Wildman–Crippen MR) is 85.5 cm³/mol. The van der Waals surface area contributed by atoms with Gasteiger partial charge in [-0.05, 0) is 56.3 Å². The zero-order valence-corrected chi connectivity index (χ0v) is 14.5. The van der Waals surface area contributed by atoms with Gasteiger partial charge in [0.15, 0.2) is 0 Å². The molecule has 2 rings (SSSR count). The molecule has 0 aromatic heterocycles. The first kappa shape index (κ1) is 17.2. The summed E-state index contributed by atoms with van der Waals surface area (Å²) in [6, 6.07) is 0. The first-order chi connectivity index (χ1) is 9.70. The highest BCUT2D eigenvalue weighted by atomic mass is 32.2. The van der Waals surface area contributed by atoms with Crippen LogP contribution in [0.15, 0.2) is 0 Å². The van der Waals surface area contributed by atoms with Crippen molar-refractivity contribution in [3.8, 4) is 0 Å². The molecule has 2 fully saturated rings. The second-order valence-electron chi connectivity index (χ2n) is 7.66. The van der Waals surface area contributed by atoms with Gasteiger partial charge >= 0.3 is 0 Å². The highest BCUT2D eigenvalue weighted by Gasteiger charge is 2.38. The fourth-order valence-electron chi connectivity index (χ4n) is 4.17. The van der Waals surface area contributed by atoms with Gasteiger partial charge in [0.25, 0.3) is 0 Å². The molecule has 0 amide bonds. The molecule has 0 bridgehead atoms. The minimum Gasteiger partial charge on any atom is -0.390 e. The van der Waals surface area contributed by atoms with Crippen LogP contribution in [0.2, 0.25) is 0 Å². The van der Waals surface area contributed by atoms with Gasteiger partial charge in [-0.15, -0.1) is 0 Å². The molecule has 5 heteroatoms. The Balaban J connectivity index is 1.96. The van der Waals surface area contributed by atoms with Crippen LogP contribution in [0.5, 0.6) is 0 Å². The van der Waals surface area contributed by atoms with Crippen molar-refractivity contribution in [1.82, 2.24) is 4.31 Å². The lowest BCUT2D eigenvalue weighted by molar-refractivity contribution is -0.0471. The van der Waals surface area contributed by atoms with Crippen molar-refractivity contribution in [3.05, 3.63) is 0 Å². The van der Waals surface area contributed by atoms with Crippen LogP contribution in [0, 0.1) is 17.8 Å². The van der Waals surface area contributed by atoms with Gasteiger partial charge in [-0.3, -0.25) is 0 Å². The number of piperidine rings is 1. The van der Waals surface area contributed by atoms with Crippen LogP contribution in [0.1, 0.15) is 58.8 Å². The fourth-order valence-corrected chi connectivity index (χ4v) is 5.11. The lowest BCUT2D eigenvalue weighted by Crippen LogP contribution is -2.44. The van der Waals surface area contributed by atoms with E-state index in [1.54, 1.807) is 4.31 Å². The largest absolute Gasteiger partial charge is 0.390 e. The first-order valence-corrected chi connectivity index (χ1v) is 10.2. The summed E-state index contributed by atoms with van der Waals surface area (Å²) in [4.78, 5) is 0. The van der Waals surface area contributed by atoms with Crippen molar-refractivity contribution in [2.75, 3.05) is 19.3 Å². The van der Waals surface area contributed by atoms with Crippen LogP contribution in [-0.2, 0) is 10.0 Å². The minimum absolute atomic E-state index is 0.310. The Morgan fingerprint density at radius 1 is 1.29 bits per heavy atom. The Hall–Kier alpha value is -0.130. The van der Waals surface area contributed by atoms with Gasteiger partial charge in [-0.25, -0.2) is 12.7 Å². The zero-order valence-electron chi connectivity index (χ0n) is 13.7. The van der Waals surface area contributed by atoms with E-state index >= 15 is 0 Å². The van der Waals surface area contributed by atoms with Crippen LogP contribution in [0.25, 0.3) is 0 Å². The molecule has 3 unspecified atom stereocenters. The topological polar surface area (TPSA) is 57.6 Å². The van der Waals surface area contributed by atoms with Crippen molar-refractivity contribution >= 4 is 10.0 Å². The average molecular weight is 317 g/mol.